The number of nitrogens with zero attached hydrogens (tertiary/aromatic N) is 2. The quantitative estimate of drug-likeness (QED) is 0.551. The standard InChI is InChI=1S/C20H20N2O4S2/c1-15-8-10-18(11-9-15)28(24,25)22(2)12-19(23)26-13-17-14-27-20(21-17)16-6-4-3-5-7-16/h3-11,14H,12-13H2,1-2H3. The molecular formula is C20H20N2O4S2. The van der Waals surface area contributed by atoms with E-state index in [0.717, 1.165) is 20.4 Å². The van der Waals surface area contributed by atoms with E-state index in [-0.39, 0.29) is 18.0 Å². The fourth-order valence-corrected chi connectivity index (χ4v) is 4.37. The van der Waals surface area contributed by atoms with Gasteiger partial charge in [-0.05, 0) is 19.1 Å². The number of carbonyl (C=O) groups is 1. The second-order valence-electron chi connectivity index (χ2n) is 6.24. The normalized spacial score (nSPS) is 11.5. The van der Waals surface area contributed by atoms with Crippen LogP contribution in [0.4, 0.5) is 0 Å². The Bertz CT molecular complexity index is 1050. The lowest BCUT2D eigenvalue weighted by molar-refractivity contribution is -0.145. The zero-order valence-electron chi connectivity index (χ0n) is 15.5. The summed E-state index contributed by atoms with van der Waals surface area (Å²) in [7, 11) is -2.39. The van der Waals surface area contributed by atoms with Crippen molar-refractivity contribution in [3.63, 3.8) is 0 Å². The maximum absolute atomic E-state index is 12.5. The van der Waals surface area contributed by atoms with Gasteiger partial charge in [-0.3, -0.25) is 4.79 Å². The summed E-state index contributed by atoms with van der Waals surface area (Å²) in [5.74, 6) is -0.632. The van der Waals surface area contributed by atoms with Crippen molar-refractivity contribution in [3.05, 3.63) is 71.2 Å². The lowest BCUT2D eigenvalue weighted by Gasteiger charge is -2.16. The van der Waals surface area contributed by atoms with Crippen LogP contribution < -0.4 is 0 Å². The summed E-state index contributed by atoms with van der Waals surface area (Å²) < 4.78 is 31.2. The Labute approximate surface area is 168 Å². The van der Waals surface area contributed by atoms with Gasteiger partial charge in [0, 0.05) is 18.0 Å². The molecule has 0 saturated heterocycles. The number of carbonyl (C=O) groups excluding carboxylic acids is 1. The summed E-state index contributed by atoms with van der Waals surface area (Å²) >= 11 is 1.46. The van der Waals surface area contributed by atoms with E-state index >= 15 is 0 Å². The number of hydrogen-bond donors (Lipinski definition) is 0. The minimum Gasteiger partial charge on any atom is -0.458 e. The van der Waals surface area contributed by atoms with Crippen molar-refractivity contribution in [1.82, 2.24) is 9.29 Å². The molecule has 0 amide bonds. The van der Waals surface area contributed by atoms with Crippen LogP contribution in [0.1, 0.15) is 11.3 Å². The van der Waals surface area contributed by atoms with E-state index in [9.17, 15) is 13.2 Å². The van der Waals surface area contributed by atoms with E-state index in [1.165, 1.54) is 30.5 Å². The Morgan fingerprint density at radius 2 is 1.79 bits per heavy atom. The molecule has 0 aliphatic heterocycles. The highest BCUT2D eigenvalue weighted by atomic mass is 32.2. The van der Waals surface area contributed by atoms with Crippen LogP contribution in [0.15, 0.2) is 64.9 Å². The molecule has 0 fully saturated rings. The monoisotopic (exact) mass is 416 g/mol. The van der Waals surface area contributed by atoms with Crippen molar-refractivity contribution < 1.29 is 17.9 Å². The fraction of sp³-hybridized carbons (Fsp3) is 0.200. The maximum atomic E-state index is 12.5. The molecule has 0 radical (unpaired) electrons. The van der Waals surface area contributed by atoms with Gasteiger partial charge < -0.3 is 4.74 Å². The number of hydrogen-bond acceptors (Lipinski definition) is 6. The van der Waals surface area contributed by atoms with Crippen molar-refractivity contribution in [2.24, 2.45) is 0 Å². The van der Waals surface area contributed by atoms with Crippen LogP contribution in [-0.4, -0.2) is 37.3 Å². The van der Waals surface area contributed by atoms with Gasteiger partial charge in [0.25, 0.3) is 0 Å². The summed E-state index contributed by atoms with van der Waals surface area (Å²) in [4.78, 5) is 16.7. The first-order valence-corrected chi connectivity index (χ1v) is 10.9. The maximum Gasteiger partial charge on any atom is 0.321 e. The number of aryl methyl sites for hydroxylation is 1. The second-order valence-corrected chi connectivity index (χ2v) is 9.15. The van der Waals surface area contributed by atoms with E-state index in [4.69, 9.17) is 4.74 Å². The third-order valence-electron chi connectivity index (χ3n) is 4.03. The van der Waals surface area contributed by atoms with E-state index in [1.807, 2.05) is 42.6 Å². The number of likely N-dealkylation sites (N-methyl/N-ethyl adjacent to an activating group) is 1. The SMILES string of the molecule is Cc1ccc(S(=O)(=O)N(C)CC(=O)OCc2csc(-c3ccccc3)n2)cc1. The first-order valence-electron chi connectivity index (χ1n) is 8.55. The van der Waals surface area contributed by atoms with Crippen molar-refractivity contribution in [3.8, 4) is 10.6 Å². The van der Waals surface area contributed by atoms with Crippen molar-refractivity contribution in [2.45, 2.75) is 18.4 Å². The summed E-state index contributed by atoms with van der Waals surface area (Å²) in [5.41, 5.74) is 2.58. The summed E-state index contributed by atoms with van der Waals surface area (Å²) in [6.07, 6.45) is 0. The highest BCUT2D eigenvalue weighted by Gasteiger charge is 2.23. The van der Waals surface area contributed by atoms with Gasteiger partial charge in [-0.1, -0.05) is 48.0 Å². The number of benzene rings is 2. The summed E-state index contributed by atoms with van der Waals surface area (Å²) in [6, 6.07) is 16.2. The highest BCUT2D eigenvalue weighted by molar-refractivity contribution is 7.89. The fourth-order valence-electron chi connectivity index (χ4n) is 2.44. The van der Waals surface area contributed by atoms with E-state index in [1.54, 1.807) is 12.1 Å². The van der Waals surface area contributed by atoms with Crippen LogP contribution in [0.2, 0.25) is 0 Å². The number of sulfonamides is 1. The van der Waals surface area contributed by atoms with Gasteiger partial charge in [-0.2, -0.15) is 4.31 Å². The van der Waals surface area contributed by atoms with Crippen LogP contribution in [-0.2, 0) is 26.2 Å². The molecule has 1 heterocycles. The third-order valence-corrected chi connectivity index (χ3v) is 6.79. The van der Waals surface area contributed by atoms with Crippen molar-refractivity contribution in [1.29, 1.82) is 0 Å². The zero-order valence-corrected chi connectivity index (χ0v) is 17.2. The summed E-state index contributed by atoms with van der Waals surface area (Å²) in [5, 5.41) is 2.66. The number of esters is 1. The predicted octanol–water partition coefficient (Wildman–Crippen LogP) is 3.48. The third kappa shape index (κ3) is 4.83. The van der Waals surface area contributed by atoms with Gasteiger partial charge >= 0.3 is 5.97 Å². The summed E-state index contributed by atoms with van der Waals surface area (Å²) in [6.45, 7) is 1.51. The highest BCUT2D eigenvalue weighted by Crippen LogP contribution is 2.23. The number of thiazole rings is 1. The largest absolute Gasteiger partial charge is 0.458 e. The van der Waals surface area contributed by atoms with E-state index in [2.05, 4.69) is 4.98 Å². The molecule has 3 rings (SSSR count). The van der Waals surface area contributed by atoms with Gasteiger partial charge in [0.05, 0.1) is 10.6 Å². The molecule has 0 spiro atoms. The molecule has 0 N–H and O–H groups in total. The Kier molecular flexibility index (Phi) is 6.23. The lowest BCUT2D eigenvalue weighted by atomic mass is 10.2. The van der Waals surface area contributed by atoms with Gasteiger partial charge in [-0.15, -0.1) is 11.3 Å². The van der Waals surface area contributed by atoms with Gasteiger partial charge in [0.2, 0.25) is 10.0 Å². The van der Waals surface area contributed by atoms with Crippen molar-refractivity contribution in [2.75, 3.05) is 13.6 Å². The number of rotatable bonds is 7. The Morgan fingerprint density at radius 3 is 2.46 bits per heavy atom. The van der Waals surface area contributed by atoms with Crippen molar-refractivity contribution >= 4 is 27.3 Å². The molecule has 3 aromatic rings. The molecule has 28 heavy (non-hydrogen) atoms. The molecule has 0 bridgehead atoms. The van der Waals surface area contributed by atoms with Gasteiger partial charge in [0.15, 0.2) is 0 Å². The van der Waals surface area contributed by atoms with Crippen LogP contribution in [0.25, 0.3) is 10.6 Å². The van der Waals surface area contributed by atoms with Crippen LogP contribution in [0, 0.1) is 6.92 Å². The molecule has 0 unspecified atom stereocenters. The van der Waals surface area contributed by atoms with Gasteiger partial charge in [-0.25, -0.2) is 13.4 Å². The van der Waals surface area contributed by atoms with Crippen LogP contribution in [0.5, 0.6) is 0 Å². The molecule has 0 aliphatic rings. The molecule has 6 nitrogen and oxygen atoms in total. The molecule has 1 aromatic heterocycles. The number of aromatic nitrogens is 1. The lowest BCUT2D eigenvalue weighted by Crippen LogP contribution is -2.33. The first-order chi connectivity index (χ1) is 13.4. The van der Waals surface area contributed by atoms with E-state index in [0.29, 0.717) is 5.69 Å². The average Bonchev–Trinajstić information content (AvgIpc) is 3.16. The topological polar surface area (TPSA) is 76.6 Å². The molecule has 2 aromatic carbocycles. The minimum absolute atomic E-state index is 0.000582. The zero-order chi connectivity index (χ0) is 20.1. The smallest absolute Gasteiger partial charge is 0.321 e. The Balaban J connectivity index is 1.57. The Hall–Kier alpha value is -2.55. The molecular weight excluding hydrogens is 396 g/mol. The van der Waals surface area contributed by atoms with Gasteiger partial charge in [0.1, 0.15) is 18.2 Å². The van der Waals surface area contributed by atoms with Crippen LogP contribution in [0.3, 0.4) is 0 Å². The predicted molar refractivity (Wildman–Crippen MR) is 108 cm³/mol. The van der Waals surface area contributed by atoms with E-state index < -0.39 is 16.0 Å². The molecule has 0 aliphatic carbocycles. The number of ether oxygens (including phenoxy) is 1. The first kappa shape index (κ1) is 20.2. The molecule has 8 heteroatoms. The second kappa shape index (κ2) is 8.64. The molecule has 0 saturated carbocycles. The molecule has 146 valence electrons. The Morgan fingerprint density at radius 1 is 1.11 bits per heavy atom. The molecule has 0 atom stereocenters. The van der Waals surface area contributed by atoms with Crippen LogP contribution >= 0.6 is 11.3 Å². The minimum atomic E-state index is -3.75. The average molecular weight is 417 g/mol.